The van der Waals surface area contributed by atoms with Crippen molar-refractivity contribution >= 4 is 34.1 Å². The van der Waals surface area contributed by atoms with Crippen LogP contribution >= 0.6 is 11.3 Å². The third kappa shape index (κ3) is 3.98. The summed E-state index contributed by atoms with van der Waals surface area (Å²) < 4.78 is 5.28. The lowest BCUT2D eigenvalue weighted by atomic mass is 9.98. The minimum absolute atomic E-state index is 0.157. The van der Waals surface area contributed by atoms with Crippen LogP contribution in [0.5, 0.6) is 0 Å². The van der Waals surface area contributed by atoms with Crippen LogP contribution in [-0.2, 0) is 9.53 Å². The number of amides is 1. The van der Waals surface area contributed by atoms with E-state index in [9.17, 15) is 14.9 Å². The van der Waals surface area contributed by atoms with Gasteiger partial charge < -0.3 is 10.1 Å². The van der Waals surface area contributed by atoms with Gasteiger partial charge in [-0.1, -0.05) is 24.3 Å². The lowest BCUT2D eigenvalue weighted by Gasteiger charge is -2.22. The fourth-order valence-corrected chi connectivity index (χ4v) is 4.00. The zero-order chi connectivity index (χ0) is 20.4. The average Bonchev–Trinajstić information content (AvgIpc) is 3.46. The second kappa shape index (κ2) is 7.64. The number of esters is 1. The van der Waals surface area contributed by atoms with Gasteiger partial charge in [0.1, 0.15) is 5.54 Å². The Kier molecular flexibility index (Phi) is 5.03. The maximum Gasteiger partial charge on any atom is 0.339 e. The van der Waals surface area contributed by atoms with Gasteiger partial charge in [0.05, 0.1) is 27.7 Å². The molecule has 1 aliphatic carbocycles. The van der Waals surface area contributed by atoms with Crippen LogP contribution < -0.4 is 5.32 Å². The summed E-state index contributed by atoms with van der Waals surface area (Å²) in [5, 5.41) is 14.7. The quantitative estimate of drug-likeness (QED) is 0.628. The molecule has 1 fully saturated rings. The molecule has 2 heterocycles. The second-order valence-electron chi connectivity index (χ2n) is 7.26. The Balaban J connectivity index is 1.54. The van der Waals surface area contributed by atoms with Crippen molar-refractivity contribution in [3.8, 4) is 16.6 Å². The van der Waals surface area contributed by atoms with Crippen molar-refractivity contribution in [2.24, 2.45) is 5.92 Å². The Morgan fingerprint density at radius 3 is 2.79 bits per heavy atom. The number of fused-ring (bicyclic) bond motifs is 1. The fraction of sp³-hybridized carbons (Fsp3) is 0.273. The van der Waals surface area contributed by atoms with E-state index in [-0.39, 0.29) is 5.92 Å². The van der Waals surface area contributed by atoms with Gasteiger partial charge in [0.2, 0.25) is 0 Å². The SMILES string of the molecule is C[C@](C#N)(NC(=O)COC(=O)c1cc(-c2cccs2)nc2ccccc12)C1CC1. The summed E-state index contributed by atoms with van der Waals surface area (Å²) in [6, 6.07) is 15.0. The van der Waals surface area contributed by atoms with Crippen molar-refractivity contribution in [1.82, 2.24) is 10.3 Å². The lowest BCUT2D eigenvalue weighted by Crippen LogP contribution is -2.48. The Morgan fingerprint density at radius 1 is 1.31 bits per heavy atom. The number of ether oxygens (including phenoxy) is 1. The number of thiophene rings is 1. The summed E-state index contributed by atoms with van der Waals surface area (Å²) in [5.74, 6) is -0.919. The molecule has 0 bridgehead atoms. The number of pyridine rings is 1. The summed E-state index contributed by atoms with van der Waals surface area (Å²) in [5.41, 5.74) is 0.803. The molecule has 2 aromatic heterocycles. The third-order valence-electron chi connectivity index (χ3n) is 5.07. The van der Waals surface area contributed by atoms with E-state index in [4.69, 9.17) is 4.74 Å². The molecule has 1 saturated carbocycles. The summed E-state index contributed by atoms with van der Waals surface area (Å²) in [4.78, 5) is 30.6. The molecule has 1 aromatic carbocycles. The van der Waals surface area contributed by atoms with Crippen molar-refractivity contribution < 1.29 is 14.3 Å². The third-order valence-corrected chi connectivity index (χ3v) is 5.96. The number of benzene rings is 1. The molecule has 0 spiro atoms. The van der Waals surface area contributed by atoms with Gasteiger partial charge in [-0.05, 0) is 49.3 Å². The standard InChI is InChI=1S/C22H19N3O3S/c1-22(13-23,14-8-9-14)25-20(26)12-28-21(27)16-11-18(19-7-4-10-29-19)24-17-6-3-2-5-15(16)17/h2-7,10-11,14H,8-9,12H2,1H3,(H,25,26)/t22-/m1/s1. The zero-order valence-electron chi connectivity index (χ0n) is 15.8. The lowest BCUT2D eigenvalue weighted by molar-refractivity contribution is -0.125. The molecular formula is C22H19N3O3S. The number of nitrogens with one attached hydrogen (secondary N) is 1. The first-order valence-electron chi connectivity index (χ1n) is 9.33. The number of carbonyl (C=O) groups is 2. The van der Waals surface area contributed by atoms with Gasteiger partial charge in [-0.2, -0.15) is 5.26 Å². The molecule has 7 heteroatoms. The Morgan fingerprint density at radius 2 is 2.10 bits per heavy atom. The normalized spacial score (nSPS) is 15.3. The number of carbonyl (C=O) groups excluding carboxylic acids is 2. The Hall–Kier alpha value is -3.24. The molecule has 1 aliphatic rings. The monoisotopic (exact) mass is 405 g/mol. The van der Waals surface area contributed by atoms with E-state index < -0.39 is 24.0 Å². The molecule has 1 N–H and O–H groups in total. The Bertz CT molecular complexity index is 1120. The molecule has 6 nitrogen and oxygen atoms in total. The van der Waals surface area contributed by atoms with Crippen molar-refractivity contribution in [2.75, 3.05) is 6.61 Å². The van der Waals surface area contributed by atoms with Gasteiger partial charge in [0.25, 0.3) is 5.91 Å². The molecule has 0 radical (unpaired) electrons. The average molecular weight is 405 g/mol. The zero-order valence-corrected chi connectivity index (χ0v) is 16.7. The van der Waals surface area contributed by atoms with Gasteiger partial charge in [0, 0.05) is 5.39 Å². The first-order chi connectivity index (χ1) is 14.0. The number of nitrogens with zero attached hydrogens (tertiary/aromatic N) is 2. The van der Waals surface area contributed by atoms with Crippen LogP contribution in [0.15, 0.2) is 47.8 Å². The molecule has 4 rings (SSSR count). The molecule has 1 atom stereocenters. The second-order valence-corrected chi connectivity index (χ2v) is 8.21. The van der Waals surface area contributed by atoms with E-state index in [0.717, 1.165) is 17.7 Å². The highest BCUT2D eigenvalue weighted by molar-refractivity contribution is 7.13. The van der Waals surface area contributed by atoms with Gasteiger partial charge in [0.15, 0.2) is 6.61 Å². The highest BCUT2D eigenvalue weighted by atomic mass is 32.1. The molecule has 1 amide bonds. The highest BCUT2D eigenvalue weighted by Crippen LogP contribution is 2.39. The molecule has 0 aliphatic heterocycles. The van der Waals surface area contributed by atoms with E-state index >= 15 is 0 Å². The maximum atomic E-state index is 12.8. The summed E-state index contributed by atoms with van der Waals surface area (Å²) in [7, 11) is 0. The van der Waals surface area contributed by atoms with Crippen molar-refractivity contribution in [3.05, 3.63) is 53.4 Å². The first-order valence-corrected chi connectivity index (χ1v) is 10.2. The van der Waals surface area contributed by atoms with Crippen LogP contribution in [0.2, 0.25) is 0 Å². The van der Waals surface area contributed by atoms with Crippen LogP contribution in [-0.4, -0.2) is 29.0 Å². The number of nitriles is 1. The molecule has 0 unspecified atom stereocenters. The molecule has 0 saturated heterocycles. The minimum atomic E-state index is -0.917. The largest absolute Gasteiger partial charge is 0.452 e. The number of rotatable bonds is 6. The predicted octanol–water partition coefficient (Wildman–Crippen LogP) is 3.93. The van der Waals surface area contributed by atoms with Gasteiger partial charge in [-0.3, -0.25) is 4.79 Å². The van der Waals surface area contributed by atoms with E-state index in [1.165, 1.54) is 11.3 Å². The van der Waals surface area contributed by atoms with Crippen LogP contribution in [0.3, 0.4) is 0 Å². The number of hydrogen-bond acceptors (Lipinski definition) is 6. The minimum Gasteiger partial charge on any atom is -0.452 e. The van der Waals surface area contributed by atoms with Crippen molar-refractivity contribution in [3.63, 3.8) is 0 Å². The number of para-hydroxylation sites is 1. The smallest absolute Gasteiger partial charge is 0.339 e. The van der Waals surface area contributed by atoms with Gasteiger partial charge in [-0.15, -0.1) is 11.3 Å². The summed E-state index contributed by atoms with van der Waals surface area (Å²) >= 11 is 1.53. The maximum absolute atomic E-state index is 12.8. The van der Waals surface area contributed by atoms with E-state index in [2.05, 4.69) is 16.4 Å². The summed E-state index contributed by atoms with van der Waals surface area (Å²) in [6.45, 7) is 1.27. The summed E-state index contributed by atoms with van der Waals surface area (Å²) in [6.07, 6.45) is 1.83. The van der Waals surface area contributed by atoms with Crippen molar-refractivity contribution in [1.29, 1.82) is 5.26 Å². The van der Waals surface area contributed by atoms with Crippen LogP contribution in [0.4, 0.5) is 0 Å². The van der Waals surface area contributed by atoms with E-state index in [1.807, 2.05) is 35.7 Å². The van der Waals surface area contributed by atoms with E-state index in [0.29, 0.717) is 22.2 Å². The van der Waals surface area contributed by atoms with Gasteiger partial charge >= 0.3 is 5.97 Å². The molecule has 3 aromatic rings. The van der Waals surface area contributed by atoms with Crippen LogP contribution in [0.1, 0.15) is 30.1 Å². The molecule has 29 heavy (non-hydrogen) atoms. The number of aromatic nitrogens is 1. The molecule has 146 valence electrons. The highest BCUT2D eigenvalue weighted by Gasteiger charge is 2.43. The van der Waals surface area contributed by atoms with E-state index in [1.54, 1.807) is 19.1 Å². The Labute approximate surface area is 172 Å². The van der Waals surface area contributed by atoms with Crippen LogP contribution in [0, 0.1) is 17.2 Å². The predicted molar refractivity (Wildman–Crippen MR) is 110 cm³/mol. The fourth-order valence-electron chi connectivity index (χ4n) is 3.31. The van der Waals surface area contributed by atoms with Crippen LogP contribution in [0.25, 0.3) is 21.5 Å². The van der Waals surface area contributed by atoms with Crippen molar-refractivity contribution in [2.45, 2.75) is 25.3 Å². The topological polar surface area (TPSA) is 92.1 Å². The molecular weight excluding hydrogens is 386 g/mol. The first kappa shape index (κ1) is 19.1. The van der Waals surface area contributed by atoms with Gasteiger partial charge in [-0.25, -0.2) is 9.78 Å². The number of hydrogen-bond donors (Lipinski definition) is 1.